The Bertz CT molecular complexity index is 468. The number of halogens is 2. The Kier molecular flexibility index (Phi) is 5.08. The molecule has 1 unspecified atom stereocenters. The molecule has 1 aromatic rings. The Labute approximate surface area is 106 Å². The number of benzene rings is 1. The normalized spacial score (nSPS) is 11.9. The minimum absolute atomic E-state index is 0.149. The van der Waals surface area contributed by atoms with Crippen LogP contribution in [0.1, 0.15) is 6.92 Å². The van der Waals surface area contributed by atoms with E-state index in [4.69, 9.17) is 5.11 Å². The van der Waals surface area contributed by atoms with E-state index in [-0.39, 0.29) is 11.4 Å². The lowest BCUT2D eigenvalue weighted by molar-refractivity contribution is -0.136. The van der Waals surface area contributed by atoms with Crippen LogP contribution in [0.15, 0.2) is 18.2 Å². The van der Waals surface area contributed by atoms with E-state index in [1.165, 1.54) is 6.92 Å². The fourth-order valence-corrected chi connectivity index (χ4v) is 1.67. The zero-order valence-corrected chi connectivity index (χ0v) is 10.3. The summed E-state index contributed by atoms with van der Waals surface area (Å²) in [6, 6.07) is 2.70. The average molecular weight is 275 g/mol. The van der Waals surface area contributed by atoms with Gasteiger partial charge >= 0.3 is 5.97 Å². The van der Waals surface area contributed by atoms with Gasteiger partial charge in [-0.1, -0.05) is 0 Å². The van der Waals surface area contributed by atoms with Gasteiger partial charge in [-0.15, -0.1) is 11.8 Å². The molecule has 0 fully saturated rings. The molecule has 1 aromatic carbocycles. The summed E-state index contributed by atoms with van der Waals surface area (Å²) in [6.45, 7) is 1.43. The summed E-state index contributed by atoms with van der Waals surface area (Å²) in [5.74, 6) is -3.19. The first-order chi connectivity index (χ1) is 8.40. The summed E-state index contributed by atoms with van der Waals surface area (Å²) >= 11 is 0.894. The average Bonchev–Trinajstić information content (AvgIpc) is 2.30. The van der Waals surface area contributed by atoms with Gasteiger partial charge in [-0.05, 0) is 19.1 Å². The molecule has 4 nitrogen and oxygen atoms in total. The van der Waals surface area contributed by atoms with E-state index in [0.29, 0.717) is 0 Å². The number of carbonyl (C=O) groups is 2. The van der Waals surface area contributed by atoms with Crippen LogP contribution in [0.4, 0.5) is 14.5 Å². The third-order valence-corrected chi connectivity index (χ3v) is 3.15. The molecule has 1 rings (SSSR count). The van der Waals surface area contributed by atoms with Crippen LogP contribution in [0.3, 0.4) is 0 Å². The van der Waals surface area contributed by atoms with Crippen LogP contribution in [0, 0.1) is 11.6 Å². The van der Waals surface area contributed by atoms with Gasteiger partial charge in [0, 0.05) is 6.07 Å². The van der Waals surface area contributed by atoms with Gasteiger partial charge in [0.2, 0.25) is 5.91 Å². The number of amides is 1. The number of nitrogens with one attached hydrogen (secondary N) is 1. The standard InChI is InChI=1S/C11H11F2NO3S/c1-6(11(16)17)18-5-10(15)14-9-4-7(12)2-3-8(9)13/h2-4,6H,5H2,1H3,(H,14,15)(H,16,17). The van der Waals surface area contributed by atoms with Crippen LogP contribution in [-0.4, -0.2) is 28.0 Å². The number of anilines is 1. The zero-order valence-electron chi connectivity index (χ0n) is 9.44. The van der Waals surface area contributed by atoms with E-state index < -0.39 is 28.8 Å². The highest BCUT2D eigenvalue weighted by Crippen LogP contribution is 2.16. The molecule has 0 saturated heterocycles. The van der Waals surface area contributed by atoms with Crippen LogP contribution >= 0.6 is 11.8 Å². The van der Waals surface area contributed by atoms with Gasteiger partial charge in [-0.3, -0.25) is 9.59 Å². The summed E-state index contributed by atoms with van der Waals surface area (Å²) in [4.78, 5) is 21.9. The van der Waals surface area contributed by atoms with E-state index in [1.54, 1.807) is 0 Å². The van der Waals surface area contributed by atoms with Crippen molar-refractivity contribution in [2.45, 2.75) is 12.2 Å². The topological polar surface area (TPSA) is 66.4 Å². The molecule has 98 valence electrons. The Morgan fingerprint density at radius 2 is 2.11 bits per heavy atom. The first kappa shape index (κ1) is 14.4. The van der Waals surface area contributed by atoms with Crippen molar-refractivity contribution >= 4 is 29.3 Å². The predicted octanol–water partition coefficient (Wildman–Crippen LogP) is 2.11. The van der Waals surface area contributed by atoms with Crippen molar-refractivity contribution in [3.05, 3.63) is 29.8 Å². The van der Waals surface area contributed by atoms with Gasteiger partial charge in [0.05, 0.1) is 16.7 Å². The van der Waals surface area contributed by atoms with Crippen LogP contribution < -0.4 is 5.32 Å². The molecular formula is C11H11F2NO3S. The summed E-state index contributed by atoms with van der Waals surface area (Å²) in [5.41, 5.74) is -0.261. The van der Waals surface area contributed by atoms with Crippen molar-refractivity contribution < 1.29 is 23.5 Å². The Hall–Kier alpha value is -1.63. The highest BCUT2D eigenvalue weighted by atomic mass is 32.2. The van der Waals surface area contributed by atoms with Crippen molar-refractivity contribution in [3.63, 3.8) is 0 Å². The van der Waals surface area contributed by atoms with E-state index in [0.717, 1.165) is 30.0 Å². The maximum Gasteiger partial charge on any atom is 0.316 e. The third kappa shape index (κ3) is 4.33. The van der Waals surface area contributed by atoms with Crippen molar-refractivity contribution in [2.75, 3.05) is 11.1 Å². The highest BCUT2D eigenvalue weighted by Gasteiger charge is 2.14. The minimum atomic E-state index is -1.04. The Morgan fingerprint density at radius 1 is 1.44 bits per heavy atom. The molecule has 1 atom stereocenters. The number of thioether (sulfide) groups is 1. The lowest BCUT2D eigenvalue weighted by Gasteiger charge is -2.08. The first-order valence-electron chi connectivity index (χ1n) is 4.99. The number of carboxylic acid groups (broad SMARTS) is 1. The SMILES string of the molecule is CC(SCC(=O)Nc1cc(F)ccc1F)C(=O)O. The van der Waals surface area contributed by atoms with Crippen molar-refractivity contribution in [1.29, 1.82) is 0 Å². The molecule has 0 saturated carbocycles. The summed E-state index contributed by atoms with van der Waals surface area (Å²) in [5, 5.41) is 10.0. The third-order valence-electron chi connectivity index (χ3n) is 2.01. The monoisotopic (exact) mass is 275 g/mol. The molecule has 0 bridgehead atoms. The zero-order chi connectivity index (χ0) is 13.7. The summed E-state index contributed by atoms with van der Waals surface area (Å²) in [6.07, 6.45) is 0. The minimum Gasteiger partial charge on any atom is -0.480 e. The molecule has 18 heavy (non-hydrogen) atoms. The number of aliphatic carboxylic acids is 1. The van der Waals surface area contributed by atoms with Gasteiger partial charge in [0.25, 0.3) is 0 Å². The molecule has 0 aliphatic carbocycles. The maximum atomic E-state index is 13.2. The van der Waals surface area contributed by atoms with E-state index in [1.807, 2.05) is 0 Å². The second-order valence-electron chi connectivity index (χ2n) is 3.46. The lowest BCUT2D eigenvalue weighted by Crippen LogP contribution is -2.19. The molecule has 0 spiro atoms. The predicted molar refractivity (Wildman–Crippen MR) is 64.5 cm³/mol. The van der Waals surface area contributed by atoms with E-state index in [9.17, 15) is 18.4 Å². The smallest absolute Gasteiger partial charge is 0.316 e. The second kappa shape index (κ2) is 6.34. The summed E-state index contributed by atoms with van der Waals surface area (Å²) in [7, 11) is 0. The molecule has 7 heteroatoms. The van der Waals surface area contributed by atoms with Crippen LogP contribution in [-0.2, 0) is 9.59 Å². The van der Waals surface area contributed by atoms with E-state index >= 15 is 0 Å². The molecule has 1 amide bonds. The number of carbonyl (C=O) groups excluding carboxylic acids is 1. The van der Waals surface area contributed by atoms with Gasteiger partial charge < -0.3 is 10.4 Å². The quantitative estimate of drug-likeness (QED) is 0.863. The summed E-state index contributed by atoms with van der Waals surface area (Å²) < 4.78 is 26.0. The number of hydrogen-bond acceptors (Lipinski definition) is 3. The maximum absolute atomic E-state index is 13.2. The largest absolute Gasteiger partial charge is 0.480 e. The number of carboxylic acids is 1. The van der Waals surface area contributed by atoms with Crippen molar-refractivity contribution in [2.24, 2.45) is 0 Å². The van der Waals surface area contributed by atoms with Gasteiger partial charge in [-0.2, -0.15) is 0 Å². The van der Waals surface area contributed by atoms with Crippen molar-refractivity contribution in [1.82, 2.24) is 0 Å². The molecule has 2 N–H and O–H groups in total. The molecule has 0 heterocycles. The molecule has 0 radical (unpaired) electrons. The van der Waals surface area contributed by atoms with Crippen molar-refractivity contribution in [3.8, 4) is 0 Å². The lowest BCUT2D eigenvalue weighted by atomic mass is 10.3. The van der Waals surface area contributed by atoms with Crippen LogP contribution in [0.2, 0.25) is 0 Å². The van der Waals surface area contributed by atoms with Crippen LogP contribution in [0.25, 0.3) is 0 Å². The van der Waals surface area contributed by atoms with Crippen LogP contribution in [0.5, 0.6) is 0 Å². The molecule has 0 aliphatic rings. The molecule has 0 aliphatic heterocycles. The van der Waals surface area contributed by atoms with Gasteiger partial charge in [0.1, 0.15) is 11.6 Å². The molecule has 0 aromatic heterocycles. The number of hydrogen-bond donors (Lipinski definition) is 2. The molecular weight excluding hydrogens is 264 g/mol. The fraction of sp³-hybridized carbons (Fsp3) is 0.273. The van der Waals surface area contributed by atoms with E-state index in [2.05, 4.69) is 5.32 Å². The second-order valence-corrected chi connectivity index (χ2v) is 4.79. The Balaban J connectivity index is 2.54. The number of rotatable bonds is 5. The van der Waals surface area contributed by atoms with Gasteiger partial charge in [0.15, 0.2) is 0 Å². The fourth-order valence-electron chi connectivity index (χ4n) is 1.05. The highest BCUT2D eigenvalue weighted by molar-refractivity contribution is 8.01. The van der Waals surface area contributed by atoms with Gasteiger partial charge in [-0.25, -0.2) is 8.78 Å². The Morgan fingerprint density at radius 3 is 2.72 bits per heavy atom. The first-order valence-corrected chi connectivity index (χ1v) is 6.04.